The van der Waals surface area contributed by atoms with Gasteiger partial charge in [-0.3, -0.25) is 13.8 Å². The highest BCUT2D eigenvalue weighted by Gasteiger charge is 2.27. The maximum Gasteiger partial charge on any atom is 0.472 e. The summed E-state index contributed by atoms with van der Waals surface area (Å²) in [7, 11) is -4.41. The molecule has 6 N–H and O–H groups in total. The Kier molecular flexibility index (Phi) is 41.8. The fourth-order valence-electron chi connectivity index (χ4n) is 6.91. The van der Waals surface area contributed by atoms with E-state index < -0.39 is 38.6 Å². The van der Waals surface area contributed by atoms with E-state index in [0.29, 0.717) is 12.8 Å². The maximum atomic E-state index is 12.8. The van der Waals surface area contributed by atoms with Crippen molar-refractivity contribution in [2.75, 3.05) is 19.8 Å². The zero-order valence-electron chi connectivity index (χ0n) is 36.9. The van der Waals surface area contributed by atoms with Crippen LogP contribution < -0.4 is 11.1 Å². The van der Waals surface area contributed by atoms with Crippen LogP contribution in [0.2, 0.25) is 0 Å². The Morgan fingerprint density at radius 1 is 0.596 bits per heavy atom. The van der Waals surface area contributed by atoms with Crippen molar-refractivity contribution in [3.63, 3.8) is 0 Å². The molecule has 0 aromatic heterocycles. The molecule has 0 aliphatic rings. The lowest BCUT2D eigenvalue weighted by atomic mass is 10.0. The molecular formula is C47H91N2O7P. The molecule has 0 aromatic rings. The molecule has 0 aliphatic carbocycles. The zero-order valence-corrected chi connectivity index (χ0v) is 37.8. The average molecular weight is 827 g/mol. The minimum atomic E-state index is -4.41. The van der Waals surface area contributed by atoms with Crippen molar-refractivity contribution < 1.29 is 33.5 Å². The normalized spacial score (nSPS) is 14.8. The van der Waals surface area contributed by atoms with E-state index in [-0.39, 0.29) is 19.6 Å². The molecular weight excluding hydrogens is 735 g/mol. The lowest BCUT2D eigenvalue weighted by Crippen LogP contribution is -2.46. The molecule has 0 aliphatic heterocycles. The largest absolute Gasteiger partial charge is 0.472 e. The summed E-state index contributed by atoms with van der Waals surface area (Å²) < 4.78 is 22.1. The van der Waals surface area contributed by atoms with Crippen LogP contribution in [0.5, 0.6) is 0 Å². The van der Waals surface area contributed by atoms with Gasteiger partial charge in [-0.2, -0.15) is 0 Å². The Balaban J connectivity index is 4.26. The number of carbonyl (C=O) groups excluding carboxylic acids is 1. The number of hydrogen-bond acceptors (Lipinski definition) is 7. The Bertz CT molecular complexity index is 1010. The highest BCUT2D eigenvalue weighted by atomic mass is 31.2. The summed E-state index contributed by atoms with van der Waals surface area (Å²) in [5.41, 5.74) is 5.36. The van der Waals surface area contributed by atoms with Crippen LogP contribution in [0.15, 0.2) is 36.5 Å². The van der Waals surface area contributed by atoms with Gasteiger partial charge in [0.2, 0.25) is 5.91 Å². The van der Waals surface area contributed by atoms with Crippen molar-refractivity contribution in [2.24, 2.45) is 5.73 Å². The predicted molar refractivity (Wildman–Crippen MR) is 241 cm³/mol. The molecule has 336 valence electrons. The summed E-state index contributed by atoms with van der Waals surface area (Å²) >= 11 is 0. The van der Waals surface area contributed by atoms with E-state index in [1.165, 1.54) is 141 Å². The summed E-state index contributed by atoms with van der Waals surface area (Å²) in [6, 6.07) is -1.00. The number of hydrogen-bond donors (Lipinski definition) is 5. The van der Waals surface area contributed by atoms with Gasteiger partial charge in [-0.1, -0.05) is 204 Å². The van der Waals surface area contributed by atoms with Crippen molar-refractivity contribution in [3.05, 3.63) is 36.5 Å². The molecule has 0 saturated heterocycles. The quantitative estimate of drug-likeness (QED) is 0.0231. The smallest absolute Gasteiger partial charge is 0.393 e. The van der Waals surface area contributed by atoms with Gasteiger partial charge < -0.3 is 26.2 Å². The highest BCUT2D eigenvalue weighted by Crippen LogP contribution is 2.43. The van der Waals surface area contributed by atoms with Gasteiger partial charge in [0.1, 0.15) is 0 Å². The van der Waals surface area contributed by atoms with E-state index in [9.17, 15) is 24.5 Å². The Morgan fingerprint density at radius 2 is 1.00 bits per heavy atom. The number of nitrogens with two attached hydrogens (primary N) is 1. The first kappa shape index (κ1) is 55.7. The van der Waals surface area contributed by atoms with E-state index in [1.807, 2.05) is 6.08 Å². The molecule has 10 heteroatoms. The number of unbranched alkanes of at least 4 members (excludes halogenated alkanes) is 26. The molecule has 0 spiro atoms. The van der Waals surface area contributed by atoms with Crippen LogP contribution in [-0.4, -0.2) is 59.0 Å². The molecule has 9 nitrogen and oxygen atoms in total. The third kappa shape index (κ3) is 41.2. The summed E-state index contributed by atoms with van der Waals surface area (Å²) in [5.74, 6) is -0.458. The number of nitrogens with one attached hydrogen (secondary N) is 1. The number of aliphatic hydroxyl groups excluding tert-OH is 2. The number of carbonyl (C=O) groups is 1. The van der Waals surface area contributed by atoms with Gasteiger partial charge in [-0.15, -0.1) is 0 Å². The van der Waals surface area contributed by atoms with Gasteiger partial charge in [0.15, 0.2) is 0 Å². The third-order valence-electron chi connectivity index (χ3n) is 10.5. The van der Waals surface area contributed by atoms with Crippen molar-refractivity contribution in [1.82, 2.24) is 5.32 Å². The number of amides is 1. The van der Waals surface area contributed by atoms with Crippen LogP contribution in [0.1, 0.15) is 219 Å². The average Bonchev–Trinajstić information content (AvgIpc) is 3.19. The lowest BCUT2D eigenvalue weighted by molar-refractivity contribution is -0.124. The lowest BCUT2D eigenvalue weighted by Gasteiger charge is -2.24. The fraction of sp³-hybridized carbons (Fsp3) is 0.851. The molecule has 57 heavy (non-hydrogen) atoms. The number of phosphoric acid groups is 1. The molecule has 4 atom stereocenters. The summed E-state index contributed by atoms with van der Waals surface area (Å²) in [6.07, 6.45) is 48.1. The van der Waals surface area contributed by atoms with Crippen molar-refractivity contribution in [1.29, 1.82) is 0 Å². The van der Waals surface area contributed by atoms with Crippen molar-refractivity contribution in [3.8, 4) is 0 Å². The van der Waals surface area contributed by atoms with Crippen molar-refractivity contribution in [2.45, 2.75) is 238 Å². The first-order chi connectivity index (χ1) is 27.8. The van der Waals surface area contributed by atoms with Crippen LogP contribution in [-0.2, 0) is 18.4 Å². The van der Waals surface area contributed by atoms with E-state index in [4.69, 9.17) is 14.8 Å². The minimum Gasteiger partial charge on any atom is -0.393 e. The SMILES string of the molecule is CCCCCCC/C=C/CC/C=C/CC/C=C/C(O)C(COP(=O)(O)OCCN)NC(=O)CC(O)CCCCCCCCCCCCCCCCCCCCCC. The number of rotatable bonds is 44. The number of phosphoric ester groups is 1. The van der Waals surface area contributed by atoms with Crippen LogP contribution in [0.3, 0.4) is 0 Å². The molecule has 0 fully saturated rings. The molecule has 0 radical (unpaired) electrons. The summed E-state index contributed by atoms with van der Waals surface area (Å²) in [6.45, 7) is 3.94. The van der Waals surface area contributed by atoms with Gasteiger partial charge in [0.25, 0.3) is 0 Å². The molecule has 0 saturated carbocycles. The van der Waals surface area contributed by atoms with Gasteiger partial charge in [-0.05, 0) is 44.9 Å². The Hall–Kier alpha value is -1.32. The predicted octanol–water partition coefficient (Wildman–Crippen LogP) is 12.5. The molecule has 0 rings (SSSR count). The van der Waals surface area contributed by atoms with E-state index in [2.05, 4.69) is 43.5 Å². The summed E-state index contributed by atoms with van der Waals surface area (Å²) in [4.78, 5) is 22.8. The van der Waals surface area contributed by atoms with Gasteiger partial charge >= 0.3 is 7.82 Å². The molecule has 0 aromatic carbocycles. The van der Waals surface area contributed by atoms with Gasteiger partial charge in [0.05, 0.1) is 37.9 Å². The Morgan fingerprint density at radius 3 is 1.46 bits per heavy atom. The van der Waals surface area contributed by atoms with E-state index in [0.717, 1.165) is 44.9 Å². The van der Waals surface area contributed by atoms with E-state index >= 15 is 0 Å². The molecule has 4 unspecified atom stereocenters. The van der Waals surface area contributed by atoms with Crippen LogP contribution in [0.4, 0.5) is 0 Å². The monoisotopic (exact) mass is 827 g/mol. The second-order valence-corrected chi connectivity index (χ2v) is 17.6. The van der Waals surface area contributed by atoms with Crippen LogP contribution in [0.25, 0.3) is 0 Å². The standard InChI is InChI=1S/C47H91N2O7P/c1-3-5-7-9-11-13-15-17-19-20-21-22-23-25-26-28-30-32-34-36-38-44(50)42-47(52)49-45(43-56-57(53,54)55-41-40-48)46(51)39-37-35-33-31-29-27-24-18-16-14-12-10-8-6-4-2/h16,18,29,31,37,39,44-46,50-51H,3-15,17,19-28,30,32-36,38,40-43,48H2,1-2H3,(H,49,52)(H,53,54)/b18-16+,31-29+,39-37+. The first-order valence-electron chi connectivity index (χ1n) is 23.7. The van der Waals surface area contributed by atoms with Crippen LogP contribution in [0, 0.1) is 0 Å². The molecule has 0 heterocycles. The van der Waals surface area contributed by atoms with Gasteiger partial charge in [0, 0.05) is 6.54 Å². The van der Waals surface area contributed by atoms with Crippen LogP contribution >= 0.6 is 7.82 Å². The van der Waals surface area contributed by atoms with E-state index in [1.54, 1.807) is 6.08 Å². The topological polar surface area (TPSA) is 151 Å². The highest BCUT2D eigenvalue weighted by molar-refractivity contribution is 7.47. The summed E-state index contributed by atoms with van der Waals surface area (Å²) in [5, 5.41) is 24.1. The molecule has 1 amide bonds. The number of aliphatic hydroxyl groups is 2. The van der Waals surface area contributed by atoms with Gasteiger partial charge in [-0.25, -0.2) is 4.57 Å². The Labute approximate surface area is 351 Å². The second-order valence-electron chi connectivity index (χ2n) is 16.1. The number of allylic oxidation sites excluding steroid dienone is 5. The zero-order chi connectivity index (χ0) is 41.9. The minimum absolute atomic E-state index is 0.0429. The maximum absolute atomic E-state index is 12.8. The third-order valence-corrected chi connectivity index (χ3v) is 11.5. The van der Waals surface area contributed by atoms with Crippen molar-refractivity contribution >= 4 is 13.7 Å². The second kappa shape index (κ2) is 42.8. The first-order valence-corrected chi connectivity index (χ1v) is 25.2. The molecule has 0 bridgehead atoms. The fourth-order valence-corrected chi connectivity index (χ4v) is 7.67.